The molecular weight excluding hydrogens is 216 g/mol. The molecule has 1 atom stereocenters. The van der Waals surface area contributed by atoms with Gasteiger partial charge in [-0.05, 0) is 25.7 Å². The van der Waals surface area contributed by atoms with Gasteiger partial charge < -0.3 is 16.2 Å². The zero-order chi connectivity index (χ0) is 12.7. The van der Waals surface area contributed by atoms with Crippen LogP contribution in [-0.2, 0) is 4.79 Å². The minimum Gasteiger partial charge on any atom is -0.392 e. The van der Waals surface area contributed by atoms with Crippen LogP contribution >= 0.6 is 0 Å². The number of aliphatic hydroxyl groups is 1. The number of amides is 1. The Morgan fingerprint density at radius 1 is 1.47 bits per heavy atom. The fourth-order valence-electron chi connectivity index (χ4n) is 2.39. The van der Waals surface area contributed by atoms with Crippen LogP contribution in [0.3, 0.4) is 0 Å². The van der Waals surface area contributed by atoms with Crippen LogP contribution in [0.15, 0.2) is 12.7 Å². The first-order valence-corrected chi connectivity index (χ1v) is 6.44. The molecule has 0 bridgehead atoms. The van der Waals surface area contributed by atoms with Crippen molar-refractivity contribution in [3.8, 4) is 0 Å². The Kier molecular flexibility index (Phi) is 5.65. The number of carbonyl (C=O) groups excluding carboxylic acids is 1. The predicted molar refractivity (Wildman–Crippen MR) is 68.5 cm³/mol. The molecule has 1 fully saturated rings. The van der Waals surface area contributed by atoms with Crippen molar-refractivity contribution in [2.45, 2.75) is 56.6 Å². The molecule has 1 aliphatic rings. The van der Waals surface area contributed by atoms with E-state index in [-0.39, 0.29) is 5.91 Å². The van der Waals surface area contributed by atoms with Crippen LogP contribution in [-0.4, -0.2) is 29.2 Å². The van der Waals surface area contributed by atoms with E-state index in [2.05, 4.69) is 11.9 Å². The molecule has 4 N–H and O–H groups in total. The van der Waals surface area contributed by atoms with Gasteiger partial charge in [0.05, 0.1) is 11.6 Å². The lowest BCUT2D eigenvalue weighted by Crippen LogP contribution is -2.58. The van der Waals surface area contributed by atoms with Gasteiger partial charge in [0, 0.05) is 6.54 Å². The highest BCUT2D eigenvalue weighted by Crippen LogP contribution is 2.27. The average molecular weight is 240 g/mol. The third kappa shape index (κ3) is 4.13. The molecule has 0 radical (unpaired) electrons. The number of hydrogen-bond donors (Lipinski definition) is 3. The zero-order valence-electron chi connectivity index (χ0n) is 10.5. The molecule has 4 heteroatoms. The molecule has 0 aliphatic heterocycles. The Balaban J connectivity index is 2.44. The molecule has 4 nitrogen and oxygen atoms in total. The summed E-state index contributed by atoms with van der Waals surface area (Å²) in [4.78, 5) is 11.6. The van der Waals surface area contributed by atoms with E-state index in [0.717, 1.165) is 38.5 Å². The molecule has 1 amide bonds. The van der Waals surface area contributed by atoms with Crippen molar-refractivity contribution in [1.29, 1.82) is 0 Å². The first-order chi connectivity index (χ1) is 8.10. The van der Waals surface area contributed by atoms with Gasteiger partial charge in [0.1, 0.15) is 0 Å². The van der Waals surface area contributed by atoms with Crippen LogP contribution in [0.1, 0.15) is 44.9 Å². The summed E-state index contributed by atoms with van der Waals surface area (Å²) in [5.41, 5.74) is 4.90. The van der Waals surface area contributed by atoms with Gasteiger partial charge in [-0.2, -0.15) is 0 Å². The van der Waals surface area contributed by atoms with Gasteiger partial charge in [-0.25, -0.2) is 0 Å². The molecule has 0 saturated heterocycles. The van der Waals surface area contributed by atoms with Crippen molar-refractivity contribution < 1.29 is 9.90 Å². The molecule has 98 valence electrons. The third-order valence-corrected chi connectivity index (χ3v) is 3.56. The number of rotatable bonds is 7. The van der Waals surface area contributed by atoms with Crippen LogP contribution < -0.4 is 11.1 Å². The summed E-state index contributed by atoms with van der Waals surface area (Å²) in [5, 5.41) is 12.9. The topological polar surface area (TPSA) is 75.3 Å². The van der Waals surface area contributed by atoms with E-state index in [1.807, 2.05) is 0 Å². The van der Waals surface area contributed by atoms with Gasteiger partial charge >= 0.3 is 0 Å². The van der Waals surface area contributed by atoms with E-state index in [4.69, 9.17) is 5.73 Å². The van der Waals surface area contributed by atoms with Crippen molar-refractivity contribution >= 4 is 5.91 Å². The first-order valence-electron chi connectivity index (χ1n) is 6.44. The van der Waals surface area contributed by atoms with E-state index in [1.54, 1.807) is 6.08 Å². The Hall–Kier alpha value is -0.870. The number of carbonyl (C=O) groups is 1. The molecule has 1 rings (SSSR count). The van der Waals surface area contributed by atoms with Crippen molar-refractivity contribution in [3.05, 3.63) is 12.7 Å². The molecule has 0 heterocycles. The number of hydrogen-bond acceptors (Lipinski definition) is 3. The fraction of sp³-hybridized carbons (Fsp3) is 0.769. The highest BCUT2D eigenvalue weighted by molar-refractivity contribution is 5.84. The number of primary amides is 1. The highest BCUT2D eigenvalue weighted by Gasteiger charge is 2.37. The molecule has 1 aliphatic carbocycles. The molecule has 1 saturated carbocycles. The van der Waals surface area contributed by atoms with Crippen molar-refractivity contribution in [1.82, 2.24) is 5.32 Å². The lowest BCUT2D eigenvalue weighted by atomic mass is 9.81. The van der Waals surface area contributed by atoms with Crippen LogP contribution in [0.2, 0.25) is 0 Å². The molecule has 0 spiro atoms. The van der Waals surface area contributed by atoms with Gasteiger partial charge in [0.2, 0.25) is 5.91 Å². The van der Waals surface area contributed by atoms with Crippen LogP contribution in [0, 0.1) is 0 Å². The number of β-amino-alcohol motifs (C(OH)–C–C–N with tert-alkyl or cyclic N) is 1. The monoisotopic (exact) mass is 240 g/mol. The summed E-state index contributed by atoms with van der Waals surface area (Å²) < 4.78 is 0. The minimum absolute atomic E-state index is 0.284. The third-order valence-electron chi connectivity index (χ3n) is 3.56. The summed E-state index contributed by atoms with van der Waals surface area (Å²) >= 11 is 0. The Labute approximate surface area is 103 Å². The van der Waals surface area contributed by atoms with Crippen molar-refractivity contribution in [3.63, 3.8) is 0 Å². The van der Waals surface area contributed by atoms with Gasteiger partial charge in [-0.3, -0.25) is 4.79 Å². The van der Waals surface area contributed by atoms with Gasteiger partial charge in [0.25, 0.3) is 0 Å². The van der Waals surface area contributed by atoms with Crippen LogP contribution in [0.25, 0.3) is 0 Å². The smallest absolute Gasteiger partial charge is 0.237 e. The maximum atomic E-state index is 11.6. The van der Waals surface area contributed by atoms with Crippen molar-refractivity contribution in [2.75, 3.05) is 6.54 Å². The zero-order valence-corrected chi connectivity index (χ0v) is 10.5. The minimum atomic E-state index is -0.590. The first kappa shape index (κ1) is 14.2. The molecule has 1 unspecified atom stereocenters. The largest absolute Gasteiger partial charge is 0.392 e. The van der Waals surface area contributed by atoms with Gasteiger partial charge in [-0.1, -0.05) is 25.3 Å². The van der Waals surface area contributed by atoms with Crippen molar-refractivity contribution in [2.24, 2.45) is 5.73 Å². The van der Waals surface area contributed by atoms with Gasteiger partial charge in [-0.15, -0.1) is 6.58 Å². The summed E-state index contributed by atoms with van der Waals surface area (Å²) in [7, 11) is 0. The fourth-order valence-corrected chi connectivity index (χ4v) is 2.39. The number of nitrogens with one attached hydrogen (secondary N) is 1. The van der Waals surface area contributed by atoms with Gasteiger partial charge in [0.15, 0.2) is 0 Å². The normalized spacial score (nSPS) is 20.8. The molecular formula is C13H24N2O2. The Bertz CT molecular complexity index is 260. The maximum Gasteiger partial charge on any atom is 0.237 e. The summed E-state index contributed by atoms with van der Waals surface area (Å²) in [6, 6.07) is 0. The SMILES string of the molecule is C=CCCC(O)CNC1(C(N)=O)CCCCC1. The standard InChI is InChI=1S/C13H24N2O2/c1-2-3-7-11(16)10-15-13(12(14)17)8-5-4-6-9-13/h2,11,15-16H,1,3-10H2,(H2,14,17). The van der Waals surface area contributed by atoms with Crippen LogP contribution in [0.4, 0.5) is 0 Å². The maximum absolute atomic E-state index is 11.6. The van der Waals surface area contributed by atoms with E-state index in [0.29, 0.717) is 13.0 Å². The van der Waals surface area contributed by atoms with E-state index >= 15 is 0 Å². The lowest BCUT2D eigenvalue weighted by Gasteiger charge is -2.36. The summed E-state index contributed by atoms with van der Waals surface area (Å²) in [5.74, 6) is -0.284. The molecule has 0 aromatic heterocycles. The second kappa shape index (κ2) is 6.77. The average Bonchev–Trinajstić information content (AvgIpc) is 2.34. The molecule has 0 aromatic rings. The molecule has 17 heavy (non-hydrogen) atoms. The lowest BCUT2D eigenvalue weighted by molar-refractivity contribution is -0.126. The highest BCUT2D eigenvalue weighted by atomic mass is 16.3. The van der Waals surface area contributed by atoms with E-state index in [1.165, 1.54) is 0 Å². The predicted octanol–water partition coefficient (Wildman–Crippen LogP) is 1.09. The summed E-state index contributed by atoms with van der Waals surface area (Å²) in [6.07, 6.45) is 7.59. The van der Waals surface area contributed by atoms with E-state index < -0.39 is 11.6 Å². The number of allylic oxidation sites excluding steroid dienone is 1. The number of nitrogens with two attached hydrogens (primary N) is 1. The quantitative estimate of drug-likeness (QED) is 0.583. The Morgan fingerprint density at radius 2 is 2.12 bits per heavy atom. The molecule has 0 aromatic carbocycles. The second-order valence-electron chi connectivity index (χ2n) is 4.91. The van der Waals surface area contributed by atoms with E-state index in [9.17, 15) is 9.90 Å². The number of aliphatic hydroxyl groups excluding tert-OH is 1. The summed E-state index contributed by atoms with van der Waals surface area (Å²) in [6.45, 7) is 4.05. The second-order valence-corrected chi connectivity index (χ2v) is 4.91. The van der Waals surface area contributed by atoms with Crippen LogP contribution in [0.5, 0.6) is 0 Å². The Morgan fingerprint density at radius 3 is 2.65 bits per heavy atom.